The number of thioether (sulfide) groups is 2. The largest absolute Gasteiger partial charge is 0.324 e. The van der Waals surface area contributed by atoms with Gasteiger partial charge in [-0.3, -0.25) is 0 Å². The number of hydrogen-bond donors (Lipinski definition) is 1. The zero-order valence-electron chi connectivity index (χ0n) is 10.6. The normalized spacial score (nSPS) is 12.0. The van der Waals surface area contributed by atoms with Crippen molar-refractivity contribution in [2.45, 2.75) is 0 Å². The van der Waals surface area contributed by atoms with Gasteiger partial charge in [0.25, 0.3) is 0 Å². The van der Waals surface area contributed by atoms with Crippen LogP contribution in [0.1, 0.15) is 0 Å². The number of hydrogen-bond acceptors (Lipinski definition) is 6. The first kappa shape index (κ1) is 16.5. The van der Waals surface area contributed by atoms with Gasteiger partial charge in [-0.1, -0.05) is 18.2 Å². The maximum absolute atomic E-state index is 3.94. The first-order chi connectivity index (χ1) is 8.95. The van der Waals surface area contributed by atoms with E-state index in [2.05, 4.69) is 31.1 Å². The van der Waals surface area contributed by atoms with Crippen LogP contribution in [0.5, 0.6) is 0 Å². The van der Waals surface area contributed by atoms with Crippen molar-refractivity contribution in [3.63, 3.8) is 0 Å². The molecule has 0 saturated heterocycles. The molecule has 93 valence electrons. The molecule has 1 aromatic heterocycles. The summed E-state index contributed by atoms with van der Waals surface area (Å²) >= 11 is 3.71. The van der Waals surface area contributed by atoms with Crippen LogP contribution in [-0.4, -0.2) is 49.6 Å². The van der Waals surface area contributed by atoms with Gasteiger partial charge in [-0.15, -0.1) is 23.5 Å². The van der Waals surface area contributed by atoms with Crippen molar-refractivity contribution >= 4 is 64.7 Å². The molecule has 0 saturated carbocycles. The van der Waals surface area contributed by atoms with Crippen molar-refractivity contribution in [1.82, 2.24) is 15.0 Å². The summed E-state index contributed by atoms with van der Waals surface area (Å²) in [5.74, 6) is 0.557. The molecule has 1 aromatic carbocycles. The molecule has 1 N–H and O–H groups in total. The van der Waals surface area contributed by atoms with Crippen LogP contribution in [0.4, 0.5) is 11.6 Å². The van der Waals surface area contributed by atoms with E-state index < -0.39 is 0 Å². The average Bonchev–Trinajstić information content (AvgIpc) is 3.00. The van der Waals surface area contributed by atoms with Gasteiger partial charge in [-0.25, -0.2) is 15.0 Å². The van der Waals surface area contributed by atoms with Crippen LogP contribution < -0.4 is 5.32 Å². The summed E-state index contributed by atoms with van der Waals surface area (Å²) in [5.41, 5.74) is 0.966. The number of rotatable bonds is 2. The monoisotopic (exact) mass is 299 g/mol. The van der Waals surface area contributed by atoms with Gasteiger partial charge in [0.2, 0.25) is 5.95 Å². The van der Waals surface area contributed by atoms with Crippen LogP contribution in [0.15, 0.2) is 53.8 Å². The maximum atomic E-state index is 3.94. The quantitative estimate of drug-likeness (QED) is 0.860. The standard InChI is InChI=1S/C9H8N4.C3H4S2.Na/c1-2-4-8(5-3-1)13-9-11-6-10-7-12-9;1-2-5-3-4-1;/h1-7H,(H,10,11,12,13);1-2H,3H2;. The fraction of sp³-hybridized carbons (Fsp3) is 0.0833. The van der Waals surface area contributed by atoms with Crippen LogP contribution in [0, 0.1) is 0 Å². The van der Waals surface area contributed by atoms with E-state index in [-0.39, 0.29) is 29.6 Å². The van der Waals surface area contributed by atoms with Crippen molar-refractivity contribution in [2.75, 3.05) is 10.4 Å². The molecule has 19 heavy (non-hydrogen) atoms. The minimum Gasteiger partial charge on any atom is -0.324 e. The first-order valence-electron chi connectivity index (χ1n) is 5.27. The van der Waals surface area contributed by atoms with Crippen LogP contribution in [0.25, 0.3) is 0 Å². The Morgan fingerprint density at radius 3 is 2.11 bits per heavy atom. The van der Waals surface area contributed by atoms with E-state index in [4.69, 9.17) is 0 Å². The Morgan fingerprint density at radius 2 is 1.58 bits per heavy atom. The summed E-state index contributed by atoms with van der Waals surface area (Å²) in [7, 11) is 0. The fourth-order valence-electron chi connectivity index (χ4n) is 1.15. The second-order valence-electron chi connectivity index (χ2n) is 3.18. The molecule has 7 heteroatoms. The number of para-hydroxylation sites is 1. The predicted molar refractivity (Wildman–Crippen MR) is 84.5 cm³/mol. The molecule has 0 amide bonds. The summed E-state index contributed by atoms with van der Waals surface area (Å²) in [4.78, 5) is 11.6. The van der Waals surface area contributed by atoms with E-state index in [0.29, 0.717) is 5.95 Å². The van der Waals surface area contributed by atoms with E-state index in [0.717, 1.165) is 5.69 Å². The Bertz CT molecular complexity index is 438. The Kier molecular flexibility index (Phi) is 8.94. The third-order valence-electron chi connectivity index (χ3n) is 1.91. The molecule has 0 aliphatic carbocycles. The van der Waals surface area contributed by atoms with Crippen LogP contribution in [-0.2, 0) is 0 Å². The molecule has 1 aliphatic heterocycles. The molecular weight excluding hydrogens is 287 g/mol. The van der Waals surface area contributed by atoms with Gasteiger partial charge < -0.3 is 5.32 Å². The molecule has 0 unspecified atom stereocenters. The zero-order valence-corrected chi connectivity index (χ0v) is 14.2. The first-order valence-corrected chi connectivity index (χ1v) is 7.37. The van der Waals surface area contributed by atoms with Gasteiger partial charge in [-0.2, -0.15) is 0 Å². The summed E-state index contributed by atoms with van der Waals surface area (Å²) in [6, 6.07) is 9.75. The molecule has 1 radical (unpaired) electrons. The Balaban J connectivity index is 0.000000256. The van der Waals surface area contributed by atoms with E-state index in [1.54, 1.807) is 0 Å². The molecule has 3 rings (SSSR count). The summed E-state index contributed by atoms with van der Waals surface area (Å²) in [5, 5.41) is 8.50. The number of benzene rings is 1. The van der Waals surface area contributed by atoms with Crippen molar-refractivity contribution in [3.8, 4) is 0 Å². The van der Waals surface area contributed by atoms with Crippen LogP contribution >= 0.6 is 23.5 Å². The summed E-state index contributed by atoms with van der Waals surface area (Å²) in [6.07, 6.45) is 2.91. The van der Waals surface area contributed by atoms with Crippen molar-refractivity contribution in [2.24, 2.45) is 0 Å². The topological polar surface area (TPSA) is 50.7 Å². The van der Waals surface area contributed by atoms with E-state index >= 15 is 0 Å². The second kappa shape index (κ2) is 10.3. The van der Waals surface area contributed by atoms with E-state index in [1.807, 2.05) is 53.9 Å². The Hall–Kier alpha value is -0.530. The number of aromatic nitrogens is 3. The molecule has 2 heterocycles. The fourth-order valence-corrected chi connectivity index (χ4v) is 2.72. The molecule has 2 aromatic rings. The van der Waals surface area contributed by atoms with E-state index in [1.165, 1.54) is 17.7 Å². The minimum atomic E-state index is 0. The van der Waals surface area contributed by atoms with Gasteiger partial charge in [-0.05, 0) is 22.9 Å². The Labute approximate surface area is 143 Å². The summed E-state index contributed by atoms with van der Waals surface area (Å²) in [6.45, 7) is 0. The van der Waals surface area contributed by atoms with Crippen LogP contribution in [0.2, 0.25) is 0 Å². The van der Waals surface area contributed by atoms with Gasteiger partial charge in [0.1, 0.15) is 12.7 Å². The number of nitrogens with one attached hydrogen (secondary N) is 1. The second-order valence-corrected chi connectivity index (χ2v) is 5.33. The van der Waals surface area contributed by atoms with Gasteiger partial charge >= 0.3 is 0 Å². The van der Waals surface area contributed by atoms with Gasteiger partial charge in [0, 0.05) is 40.3 Å². The molecule has 0 spiro atoms. The molecule has 1 aliphatic rings. The predicted octanol–water partition coefficient (Wildman–Crippen LogP) is 3.13. The number of anilines is 2. The molecule has 0 bridgehead atoms. The zero-order chi connectivity index (χ0) is 12.5. The van der Waals surface area contributed by atoms with Crippen molar-refractivity contribution < 1.29 is 0 Å². The van der Waals surface area contributed by atoms with Crippen molar-refractivity contribution in [3.05, 3.63) is 53.8 Å². The third kappa shape index (κ3) is 6.98. The molecule has 0 fully saturated rings. The van der Waals surface area contributed by atoms with Gasteiger partial charge in [0.15, 0.2) is 0 Å². The number of nitrogens with zero attached hydrogens (tertiary/aromatic N) is 3. The maximum Gasteiger partial charge on any atom is 0.230 e. The van der Waals surface area contributed by atoms with E-state index in [9.17, 15) is 0 Å². The molecule has 0 atom stereocenters. The van der Waals surface area contributed by atoms with Crippen molar-refractivity contribution in [1.29, 1.82) is 0 Å². The SMILES string of the molecule is C1=CSCS1.[Na].c1ccc(Nc2ncncn2)cc1. The summed E-state index contributed by atoms with van der Waals surface area (Å²) < 4.78 is 0. The molecule has 4 nitrogen and oxygen atoms in total. The smallest absolute Gasteiger partial charge is 0.230 e. The average molecular weight is 299 g/mol. The minimum absolute atomic E-state index is 0. The van der Waals surface area contributed by atoms with Crippen LogP contribution in [0.3, 0.4) is 0 Å². The Morgan fingerprint density at radius 1 is 0.947 bits per heavy atom. The van der Waals surface area contributed by atoms with Gasteiger partial charge in [0.05, 0.1) is 0 Å². The third-order valence-corrected chi connectivity index (χ3v) is 3.83. The molecular formula is C12H12N4NaS2.